The van der Waals surface area contributed by atoms with Gasteiger partial charge in [-0.05, 0) is 62.1 Å². The molecule has 184 valence electrons. The lowest BCUT2D eigenvalue weighted by molar-refractivity contribution is -0.127. The lowest BCUT2D eigenvalue weighted by Crippen LogP contribution is -2.49. The highest BCUT2D eigenvalue weighted by molar-refractivity contribution is 6.04. The molecular weight excluding hydrogens is 446 g/mol. The van der Waals surface area contributed by atoms with Gasteiger partial charge in [-0.25, -0.2) is 0 Å². The predicted molar refractivity (Wildman–Crippen MR) is 131 cm³/mol. The number of aryl methyl sites for hydroxylation is 2. The Kier molecular flexibility index (Phi) is 7.70. The molecule has 0 radical (unpaired) electrons. The molecule has 2 N–H and O–H groups in total. The second kappa shape index (κ2) is 11.1. The number of para-hydroxylation sites is 1. The number of furan rings is 2. The van der Waals surface area contributed by atoms with E-state index in [1.165, 1.54) is 17.2 Å². The van der Waals surface area contributed by atoms with Crippen molar-refractivity contribution in [1.29, 1.82) is 0 Å². The molecule has 8 nitrogen and oxygen atoms in total. The summed E-state index contributed by atoms with van der Waals surface area (Å²) in [5.41, 5.74) is 1.51. The van der Waals surface area contributed by atoms with Crippen LogP contribution < -0.4 is 15.5 Å². The molecule has 4 rings (SSSR count). The topological polar surface area (TPSA) is 105 Å². The fourth-order valence-electron chi connectivity index (χ4n) is 4.52. The molecule has 3 amide bonds. The zero-order chi connectivity index (χ0) is 24.8. The molecule has 0 aliphatic heterocycles. The van der Waals surface area contributed by atoms with Gasteiger partial charge in [0.2, 0.25) is 5.91 Å². The second-order valence-electron chi connectivity index (χ2n) is 8.75. The molecular formula is C27H31N3O5. The van der Waals surface area contributed by atoms with Gasteiger partial charge >= 0.3 is 0 Å². The zero-order valence-corrected chi connectivity index (χ0v) is 20.1. The third-order valence-electron chi connectivity index (χ3n) is 6.28. The fraction of sp³-hybridized carbons (Fsp3) is 0.370. The largest absolute Gasteiger partial charge is 0.464 e. The number of benzene rings is 1. The van der Waals surface area contributed by atoms with E-state index in [1.54, 1.807) is 25.1 Å². The highest BCUT2D eigenvalue weighted by Crippen LogP contribution is 2.32. The molecule has 0 bridgehead atoms. The van der Waals surface area contributed by atoms with Crippen molar-refractivity contribution >= 4 is 23.4 Å². The van der Waals surface area contributed by atoms with Crippen molar-refractivity contribution in [2.24, 2.45) is 0 Å². The van der Waals surface area contributed by atoms with Gasteiger partial charge in [0.25, 0.3) is 11.8 Å². The first kappa shape index (κ1) is 24.3. The van der Waals surface area contributed by atoms with Gasteiger partial charge in [-0.3, -0.25) is 19.3 Å². The van der Waals surface area contributed by atoms with Crippen molar-refractivity contribution in [2.45, 2.75) is 58.0 Å². The van der Waals surface area contributed by atoms with Gasteiger partial charge in [-0.1, -0.05) is 38.0 Å². The molecule has 35 heavy (non-hydrogen) atoms. The number of hydrogen-bond acceptors (Lipinski definition) is 5. The van der Waals surface area contributed by atoms with Crippen molar-refractivity contribution in [3.63, 3.8) is 0 Å². The number of amides is 3. The monoisotopic (exact) mass is 477 g/mol. The predicted octanol–water partition coefficient (Wildman–Crippen LogP) is 4.31. The number of anilines is 1. The molecule has 8 heteroatoms. The van der Waals surface area contributed by atoms with Crippen LogP contribution in [0, 0.1) is 6.92 Å². The second-order valence-corrected chi connectivity index (χ2v) is 8.75. The van der Waals surface area contributed by atoms with Gasteiger partial charge < -0.3 is 19.5 Å². The molecule has 1 aromatic carbocycles. The van der Waals surface area contributed by atoms with Gasteiger partial charge in [0.05, 0.1) is 12.8 Å². The molecule has 2 aromatic heterocycles. The van der Waals surface area contributed by atoms with Crippen LogP contribution in [0.2, 0.25) is 0 Å². The quantitative estimate of drug-likeness (QED) is 0.478. The first-order valence-corrected chi connectivity index (χ1v) is 12.1. The van der Waals surface area contributed by atoms with E-state index in [1.807, 2.05) is 31.2 Å². The average Bonchev–Trinajstić information content (AvgIpc) is 3.64. The summed E-state index contributed by atoms with van der Waals surface area (Å²) in [6.45, 7) is 3.47. The number of carbonyl (C=O) groups excluding carboxylic acids is 3. The van der Waals surface area contributed by atoms with Crippen LogP contribution in [-0.4, -0.2) is 30.3 Å². The van der Waals surface area contributed by atoms with Crippen LogP contribution in [0.5, 0.6) is 0 Å². The Labute approximate surface area is 204 Å². The van der Waals surface area contributed by atoms with E-state index in [4.69, 9.17) is 8.83 Å². The van der Waals surface area contributed by atoms with Gasteiger partial charge in [-0.15, -0.1) is 0 Å². The summed E-state index contributed by atoms with van der Waals surface area (Å²) in [7, 11) is 0. The maximum absolute atomic E-state index is 13.7. The van der Waals surface area contributed by atoms with E-state index in [9.17, 15) is 14.4 Å². The maximum Gasteiger partial charge on any atom is 0.287 e. The fourth-order valence-corrected chi connectivity index (χ4v) is 4.52. The Morgan fingerprint density at radius 2 is 1.83 bits per heavy atom. The Bertz CT molecular complexity index is 1160. The smallest absolute Gasteiger partial charge is 0.287 e. The molecule has 1 fully saturated rings. The maximum atomic E-state index is 13.7. The van der Waals surface area contributed by atoms with E-state index < -0.39 is 17.9 Å². The highest BCUT2D eigenvalue weighted by Gasteiger charge is 2.37. The van der Waals surface area contributed by atoms with Crippen molar-refractivity contribution in [3.8, 4) is 0 Å². The number of nitrogens with one attached hydrogen (secondary N) is 2. The lowest BCUT2D eigenvalue weighted by Gasteiger charge is -2.32. The van der Waals surface area contributed by atoms with Crippen molar-refractivity contribution in [2.75, 3.05) is 11.4 Å². The lowest BCUT2D eigenvalue weighted by atomic mass is 10.0. The number of hydrogen-bond donors (Lipinski definition) is 2. The van der Waals surface area contributed by atoms with Gasteiger partial charge in [-0.2, -0.15) is 0 Å². The van der Waals surface area contributed by atoms with Crippen molar-refractivity contribution in [1.82, 2.24) is 10.6 Å². The summed E-state index contributed by atoms with van der Waals surface area (Å²) in [6, 6.07) is 13.1. The molecule has 1 saturated carbocycles. The van der Waals surface area contributed by atoms with E-state index in [0.29, 0.717) is 23.6 Å². The summed E-state index contributed by atoms with van der Waals surface area (Å²) in [5.74, 6) is -0.131. The van der Waals surface area contributed by atoms with Crippen LogP contribution in [0.3, 0.4) is 0 Å². The Hall–Kier alpha value is -3.81. The molecule has 2 heterocycles. The van der Waals surface area contributed by atoms with Crippen LogP contribution in [0.25, 0.3) is 0 Å². The summed E-state index contributed by atoms with van der Waals surface area (Å²) in [6.07, 6.45) is 6.00. The Morgan fingerprint density at radius 3 is 2.49 bits per heavy atom. The molecule has 1 aliphatic rings. The number of rotatable bonds is 9. The van der Waals surface area contributed by atoms with Gasteiger partial charge in [0.15, 0.2) is 11.8 Å². The molecule has 1 aliphatic carbocycles. The minimum Gasteiger partial charge on any atom is -0.464 e. The van der Waals surface area contributed by atoms with E-state index in [2.05, 4.69) is 10.6 Å². The standard InChI is InChI=1S/C27H31N3O5/c1-3-19-9-4-7-12-21(19)30(24(31)17-28-26(32)23-13-8-16-34-23)25(22-15-14-18(2)35-22)27(33)29-20-10-5-6-11-20/h4,7-9,12-16,20,25H,3,5-6,10-11,17H2,1-2H3,(H,28,32)(H,29,33)/t25-/m0/s1. The third-order valence-corrected chi connectivity index (χ3v) is 6.28. The van der Waals surface area contributed by atoms with Crippen LogP contribution in [0.15, 0.2) is 63.6 Å². The average molecular weight is 478 g/mol. The van der Waals surface area contributed by atoms with Crippen molar-refractivity contribution in [3.05, 3.63) is 77.6 Å². The summed E-state index contributed by atoms with van der Waals surface area (Å²) >= 11 is 0. The van der Waals surface area contributed by atoms with E-state index in [0.717, 1.165) is 31.2 Å². The molecule has 0 unspecified atom stereocenters. The van der Waals surface area contributed by atoms with Crippen LogP contribution >= 0.6 is 0 Å². The normalized spacial score (nSPS) is 14.5. The summed E-state index contributed by atoms with van der Waals surface area (Å²) < 4.78 is 11.0. The summed E-state index contributed by atoms with van der Waals surface area (Å²) in [5, 5.41) is 5.73. The molecule has 1 atom stereocenters. The molecule has 0 spiro atoms. The van der Waals surface area contributed by atoms with Crippen LogP contribution in [0.4, 0.5) is 5.69 Å². The Morgan fingerprint density at radius 1 is 1.06 bits per heavy atom. The van der Waals surface area contributed by atoms with E-state index in [-0.39, 0.29) is 24.3 Å². The van der Waals surface area contributed by atoms with Gasteiger partial charge in [0, 0.05) is 11.7 Å². The molecule has 0 saturated heterocycles. The zero-order valence-electron chi connectivity index (χ0n) is 20.1. The van der Waals surface area contributed by atoms with Gasteiger partial charge in [0.1, 0.15) is 11.5 Å². The van der Waals surface area contributed by atoms with Crippen LogP contribution in [-0.2, 0) is 16.0 Å². The molecule has 3 aromatic rings. The minimum absolute atomic E-state index is 0.0677. The van der Waals surface area contributed by atoms with Crippen molar-refractivity contribution < 1.29 is 23.2 Å². The first-order chi connectivity index (χ1) is 17.0. The minimum atomic E-state index is -1.02. The van der Waals surface area contributed by atoms with Crippen LogP contribution in [0.1, 0.15) is 66.3 Å². The Balaban J connectivity index is 1.70. The first-order valence-electron chi connectivity index (χ1n) is 12.1. The highest BCUT2D eigenvalue weighted by atomic mass is 16.3. The number of nitrogens with zero attached hydrogens (tertiary/aromatic N) is 1. The number of carbonyl (C=O) groups is 3. The third kappa shape index (κ3) is 5.65. The summed E-state index contributed by atoms with van der Waals surface area (Å²) in [4.78, 5) is 41.3. The van der Waals surface area contributed by atoms with E-state index >= 15 is 0 Å². The SMILES string of the molecule is CCc1ccccc1N(C(=O)CNC(=O)c1ccco1)[C@H](C(=O)NC1CCCC1)c1ccc(C)o1.